The van der Waals surface area contributed by atoms with E-state index in [1.54, 1.807) is 0 Å². The molecule has 4 heteroatoms. The van der Waals surface area contributed by atoms with Crippen molar-refractivity contribution in [3.05, 3.63) is 22.8 Å². The Morgan fingerprint density at radius 3 is 1.83 bits per heavy atom. The first kappa shape index (κ1) is 11.7. The van der Waals surface area contributed by atoms with Gasteiger partial charge in [-0.1, -0.05) is 0 Å². The van der Waals surface area contributed by atoms with Gasteiger partial charge in [0.15, 0.2) is 0 Å². The van der Waals surface area contributed by atoms with Crippen molar-refractivity contribution in [1.29, 1.82) is 0 Å². The van der Waals surface area contributed by atoms with Crippen LogP contribution in [-0.4, -0.2) is 29.1 Å². The van der Waals surface area contributed by atoms with Gasteiger partial charge in [0, 0.05) is 24.7 Å². The third kappa shape index (κ3) is 1.82. The lowest BCUT2D eigenvalue weighted by Gasteiger charge is -1.99. The molecule has 0 aromatic carbocycles. The van der Waals surface area contributed by atoms with Crippen molar-refractivity contribution in [3.63, 3.8) is 0 Å². The SMILES string of the molecule is [C-]#[N+]C1[C@H]2CC(=O)C[C@@H]12.[C-]#[N+]C1[C@H]2CC(O)C[C@@H]12. The molecule has 0 heterocycles. The first-order chi connectivity index (χ1) is 8.65. The number of carbonyl (C=O) groups is 1. The summed E-state index contributed by atoms with van der Waals surface area (Å²) in [5.41, 5.74) is 0. The van der Waals surface area contributed by atoms with Gasteiger partial charge >= 0.3 is 0 Å². The maximum atomic E-state index is 10.6. The van der Waals surface area contributed by atoms with Gasteiger partial charge in [0.2, 0.25) is 12.1 Å². The number of hydrogen-bond acceptors (Lipinski definition) is 2. The van der Waals surface area contributed by atoms with Crippen molar-refractivity contribution in [2.24, 2.45) is 23.7 Å². The molecule has 4 nitrogen and oxygen atoms in total. The van der Waals surface area contributed by atoms with Crippen LogP contribution in [0.15, 0.2) is 0 Å². The molecule has 7 atom stereocenters. The zero-order valence-corrected chi connectivity index (χ0v) is 10.1. The zero-order valence-electron chi connectivity index (χ0n) is 10.1. The summed E-state index contributed by atoms with van der Waals surface area (Å²) >= 11 is 0. The fourth-order valence-corrected chi connectivity index (χ4v) is 3.74. The Balaban J connectivity index is 0.000000111. The number of fused-ring (bicyclic) bond motifs is 2. The summed E-state index contributed by atoms with van der Waals surface area (Å²) in [6.07, 6.45) is 3.07. The lowest BCUT2D eigenvalue weighted by Crippen LogP contribution is -2.05. The summed E-state index contributed by atoms with van der Waals surface area (Å²) < 4.78 is 0. The molecule has 0 aromatic heterocycles. The minimum absolute atomic E-state index is 0.0852. The van der Waals surface area contributed by atoms with Crippen molar-refractivity contribution >= 4 is 5.78 Å². The number of aliphatic hydroxyl groups excluding tert-OH is 1. The minimum atomic E-state index is -0.0852. The predicted molar refractivity (Wildman–Crippen MR) is 64.2 cm³/mol. The lowest BCUT2D eigenvalue weighted by molar-refractivity contribution is -0.118. The Morgan fingerprint density at radius 1 is 0.944 bits per heavy atom. The van der Waals surface area contributed by atoms with Gasteiger partial charge in [0.05, 0.1) is 17.9 Å². The number of Topliss-reactive ketones (excluding diaryl/α,β-unsaturated/α-hetero) is 1. The summed E-state index contributed by atoms with van der Waals surface area (Å²) in [5.74, 6) is 2.44. The fourth-order valence-electron chi connectivity index (χ4n) is 3.74. The van der Waals surface area contributed by atoms with Gasteiger partial charge in [0.1, 0.15) is 5.78 Å². The van der Waals surface area contributed by atoms with Crippen LogP contribution < -0.4 is 0 Å². The second kappa shape index (κ2) is 4.07. The Morgan fingerprint density at radius 2 is 1.39 bits per heavy atom. The van der Waals surface area contributed by atoms with Crippen molar-refractivity contribution in [1.82, 2.24) is 0 Å². The minimum Gasteiger partial charge on any atom is -0.393 e. The van der Waals surface area contributed by atoms with Gasteiger partial charge in [-0.15, -0.1) is 0 Å². The van der Waals surface area contributed by atoms with Gasteiger partial charge in [-0.25, -0.2) is 13.1 Å². The Bertz CT molecular complexity index is 435. The second-order valence-electron chi connectivity index (χ2n) is 5.97. The average molecular weight is 244 g/mol. The van der Waals surface area contributed by atoms with Crippen molar-refractivity contribution in [2.75, 3.05) is 0 Å². The molecule has 0 amide bonds. The van der Waals surface area contributed by atoms with E-state index < -0.39 is 0 Å². The smallest absolute Gasteiger partial charge is 0.231 e. The van der Waals surface area contributed by atoms with E-state index in [4.69, 9.17) is 18.3 Å². The summed E-state index contributed by atoms with van der Waals surface area (Å²) in [4.78, 5) is 17.5. The van der Waals surface area contributed by atoms with Gasteiger partial charge in [0.25, 0.3) is 0 Å². The summed E-state index contributed by atoms with van der Waals surface area (Å²) in [6.45, 7) is 13.4. The monoisotopic (exact) mass is 244 g/mol. The molecule has 0 radical (unpaired) electrons. The molecular weight excluding hydrogens is 228 g/mol. The lowest BCUT2D eigenvalue weighted by atomic mass is 10.2. The van der Waals surface area contributed by atoms with E-state index in [0.29, 0.717) is 42.3 Å². The van der Waals surface area contributed by atoms with E-state index in [0.717, 1.165) is 12.8 Å². The van der Waals surface area contributed by atoms with Crippen molar-refractivity contribution in [3.8, 4) is 0 Å². The molecule has 0 saturated heterocycles. The van der Waals surface area contributed by atoms with E-state index in [9.17, 15) is 4.79 Å². The van der Waals surface area contributed by atoms with Crippen LogP contribution in [0.2, 0.25) is 0 Å². The third-order valence-corrected chi connectivity index (χ3v) is 4.89. The highest BCUT2D eigenvalue weighted by Gasteiger charge is 2.62. The number of aliphatic hydroxyl groups is 1. The summed E-state index contributed by atoms with van der Waals surface area (Å²) in [6, 6.07) is 0.510. The van der Waals surface area contributed by atoms with E-state index in [1.807, 2.05) is 0 Å². The molecule has 4 aliphatic carbocycles. The molecular formula is C14H16N2O2. The van der Waals surface area contributed by atoms with E-state index in [2.05, 4.69) is 9.69 Å². The summed E-state index contributed by atoms with van der Waals surface area (Å²) in [5, 5.41) is 9.04. The van der Waals surface area contributed by atoms with E-state index in [1.165, 1.54) is 0 Å². The van der Waals surface area contributed by atoms with Crippen LogP contribution in [0.25, 0.3) is 9.69 Å². The number of rotatable bonds is 0. The highest BCUT2D eigenvalue weighted by Crippen LogP contribution is 2.54. The van der Waals surface area contributed by atoms with Crippen LogP contribution in [0, 0.1) is 36.8 Å². The molecule has 0 bridgehead atoms. The Labute approximate surface area is 107 Å². The molecule has 0 aromatic rings. The molecule has 1 N–H and O–H groups in total. The van der Waals surface area contributed by atoms with Crippen LogP contribution >= 0.6 is 0 Å². The Kier molecular flexibility index (Phi) is 2.64. The van der Waals surface area contributed by atoms with Gasteiger partial charge in [-0.05, 0) is 12.8 Å². The fraction of sp³-hybridized carbons (Fsp3) is 0.786. The topological polar surface area (TPSA) is 46.0 Å². The average Bonchev–Trinajstić information content (AvgIpc) is 3.05. The van der Waals surface area contributed by atoms with Gasteiger partial charge in [-0.2, -0.15) is 0 Å². The molecule has 4 fully saturated rings. The molecule has 0 aliphatic heterocycles. The maximum absolute atomic E-state index is 10.6. The molecule has 94 valence electrons. The van der Waals surface area contributed by atoms with Crippen LogP contribution in [0.1, 0.15) is 25.7 Å². The number of hydrogen-bond donors (Lipinski definition) is 1. The highest BCUT2D eigenvalue weighted by molar-refractivity contribution is 5.83. The predicted octanol–water partition coefficient (Wildman–Crippen LogP) is 1.56. The standard InChI is InChI=1S/C7H9NO.C7H7NO/c2*1-8-7-5-2-4(9)3-6(5)7/h4-7,9H,2-3H2;5-7H,2-3H2/t4?,5-,6+,7?;5-,6+,7?. The number of nitrogens with zero attached hydrogens (tertiary/aromatic N) is 2. The summed E-state index contributed by atoms with van der Waals surface area (Å²) in [7, 11) is 0. The van der Waals surface area contributed by atoms with E-state index >= 15 is 0 Å². The zero-order chi connectivity index (χ0) is 12.9. The second-order valence-corrected chi connectivity index (χ2v) is 5.97. The van der Waals surface area contributed by atoms with Crippen LogP contribution in [0.4, 0.5) is 0 Å². The van der Waals surface area contributed by atoms with E-state index in [-0.39, 0.29) is 18.2 Å². The van der Waals surface area contributed by atoms with Crippen LogP contribution in [0.3, 0.4) is 0 Å². The third-order valence-electron chi connectivity index (χ3n) is 4.89. The number of carbonyl (C=O) groups excluding carboxylic acids is 1. The largest absolute Gasteiger partial charge is 0.393 e. The van der Waals surface area contributed by atoms with Crippen LogP contribution in [-0.2, 0) is 4.79 Å². The number of ketones is 1. The highest BCUT2D eigenvalue weighted by atomic mass is 16.3. The molecule has 4 saturated carbocycles. The molecule has 4 rings (SSSR count). The first-order valence-corrected chi connectivity index (χ1v) is 6.58. The molecule has 4 aliphatic rings. The van der Waals surface area contributed by atoms with Crippen molar-refractivity contribution in [2.45, 2.75) is 43.9 Å². The first-order valence-electron chi connectivity index (χ1n) is 6.58. The normalized spacial score (nSPS) is 50.2. The molecule has 3 unspecified atom stereocenters. The Hall–Kier alpha value is -1.39. The maximum Gasteiger partial charge on any atom is 0.231 e. The molecule has 18 heavy (non-hydrogen) atoms. The van der Waals surface area contributed by atoms with Crippen LogP contribution in [0.5, 0.6) is 0 Å². The van der Waals surface area contributed by atoms with Gasteiger partial charge < -0.3 is 14.8 Å². The molecule has 0 spiro atoms. The van der Waals surface area contributed by atoms with Crippen molar-refractivity contribution < 1.29 is 9.90 Å². The van der Waals surface area contributed by atoms with Gasteiger partial charge in [-0.3, -0.25) is 4.79 Å². The quantitative estimate of drug-likeness (QED) is 0.657.